The lowest BCUT2D eigenvalue weighted by atomic mass is 9.45. The summed E-state index contributed by atoms with van der Waals surface area (Å²) < 4.78 is 12.5. The summed E-state index contributed by atoms with van der Waals surface area (Å²) in [5.41, 5.74) is -0.443. The normalized spacial score (nSPS) is 29.0. The molecule has 6 heteroatoms. The van der Waals surface area contributed by atoms with Gasteiger partial charge in [-0.1, -0.05) is 57.0 Å². The van der Waals surface area contributed by atoms with E-state index in [1.54, 1.807) is 54.6 Å². The highest BCUT2D eigenvalue weighted by molar-refractivity contribution is 6.31. The molecule has 0 spiro atoms. The highest BCUT2D eigenvalue weighted by Crippen LogP contribution is 2.64. The number of ether oxygens (including phenoxy) is 2. The standard InChI is InChI=1S/C34H42Cl2O4/c1-7-32(4,39-29(37)23-9-13-25(35)14-10-23)21-17-28-33(5)20-8-19-31(2,3)27(33)18-22-34(28,6)40-30(38)24-11-15-26(36)16-12-24/h7,9-16,27-28H,1,8,17-22H2,2-6H3. The van der Waals surface area contributed by atoms with Gasteiger partial charge in [0.2, 0.25) is 0 Å². The quantitative estimate of drug-likeness (QED) is 0.229. The lowest BCUT2D eigenvalue weighted by Gasteiger charge is -2.62. The van der Waals surface area contributed by atoms with Crippen molar-refractivity contribution in [2.75, 3.05) is 0 Å². The van der Waals surface area contributed by atoms with Crippen LogP contribution in [0.15, 0.2) is 61.2 Å². The van der Waals surface area contributed by atoms with Gasteiger partial charge in [-0.2, -0.15) is 0 Å². The van der Waals surface area contributed by atoms with Crippen LogP contribution in [-0.4, -0.2) is 23.1 Å². The summed E-state index contributed by atoms with van der Waals surface area (Å²) >= 11 is 12.1. The maximum Gasteiger partial charge on any atom is 0.338 e. The molecule has 5 atom stereocenters. The van der Waals surface area contributed by atoms with Gasteiger partial charge >= 0.3 is 11.9 Å². The van der Waals surface area contributed by atoms with Gasteiger partial charge in [-0.25, -0.2) is 9.59 Å². The zero-order valence-corrected chi connectivity index (χ0v) is 25.9. The van der Waals surface area contributed by atoms with Crippen LogP contribution in [0, 0.1) is 22.7 Å². The summed E-state index contributed by atoms with van der Waals surface area (Å²) in [6.07, 6.45) is 8.22. The van der Waals surface area contributed by atoms with Gasteiger partial charge in [-0.15, -0.1) is 0 Å². The molecule has 2 saturated carbocycles. The van der Waals surface area contributed by atoms with Crippen molar-refractivity contribution in [3.05, 3.63) is 82.4 Å². The van der Waals surface area contributed by atoms with Crippen LogP contribution in [0.25, 0.3) is 0 Å². The van der Waals surface area contributed by atoms with Crippen LogP contribution in [0.1, 0.15) is 100 Å². The van der Waals surface area contributed by atoms with Crippen molar-refractivity contribution >= 4 is 35.1 Å². The molecule has 216 valence electrons. The Morgan fingerprint density at radius 3 is 2.02 bits per heavy atom. The molecular formula is C34H42Cl2O4. The van der Waals surface area contributed by atoms with Crippen LogP contribution in [-0.2, 0) is 9.47 Å². The number of rotatable bonds is 8. The van der Waals surface area contributed by atoms with Crippen molar-refractivity contribution < 1.29 is 19.1 Å². The van der Waals surface area contributed by atoms with E-state index in [0.29, 0.717) is 33.5 Å². The number of carbonyl (C=O) groups is 2. The fraction of sp³-hybridized carbons (Fsp3) is 0.529. The third-order valence-electron chi connectivity index (χ3n) is 9.91. The van der Waals surface area contributed by atoms with Crippen LogP contribution in [0.5, 0.6) is 0 Å². The van der Waals surface area contributed by atoms with Crippen LogP contribution in [0.2, 0.25) is 10.0 Å². The molecule has 2 fully saturated rings. The molecule has 2 aromatic carbocycles. The Labute approximate surface area is 249 Å². The Kier molecular flexibility index (Phi) is 8.83. The number of hydrogen-bond donors (Lipinski definition) is 0. The summed E-state index contributed by atoms with van der Waals surface area (Å²) in [7, 11) is 0. The Hall–Kier alpha value is -2.30. The molecule has 4 nitrogen and oxygen atoms in total. The Morgan fingerprint density at radius 2 is 1.48 bits per heavy atom. The molecule has 0 aliphatic heterocycles. The summed E-state index contributed by atoms with van der Waals surface area (Å²) in [6.45, 7) is 15.2. The molecule has 0 radical (unpaired) electrons. The van der Waals surface area contributed by atoms with Crippen LogP contribution in [0.3, 0.4) is 0 Å². The first-order valence-electron chi connectivity index (χ1n) is 14.3. The molecule has 40 heavy (non-hydrogen) atoms. The highest BCUT2D eigenvalue weighted by Gasteiger charge is 2.59. The zero-order valence-electron chi connectivity index (χ0n) is 24.4. The van der Waals surface area contributed by atoms with Crippen molar-refractivity contribution in [3.63, 3.8) is 0 Å². The number of halogens is 2. The molecule has 0 aromatic heterocycles. The minimum atomic E-state index is -0.884. The zero-order chi connectivity index (χ0) is 29.3. The molecule has 2 aromatic rings. The summed E-state index contributed by atoms with van der Waals surface area (Å²) in [5, 5.41) is 1.14. The third-order valence-corrected chi connectivity index (χ3v) is 10.4. The topological polar surface area (TPSA) is 52.6 Å². The second-order valence-electron chi connectivity index (χ2n) is 13.2. The van der Waals surface area contributed by atoms with E-state index in [2.05, 4.69) is 34.3 Å². The first kappa shape index (κ1) is 30.7. The third kappa shape index (κ3) is 6.29. The molecule has 0 N–H and O–H groups in total. The maximum absolute atomic E-state index is 13.4. The largest absolute Gasteiger partial charge is 0.455 e. The smallest absolute Gasteiger partial charge is 0.338 e. The fourth-order valence-electron chi connectivity index (χ4n) is 7.70. The molecule has 5 unspecified atom stereocenters. The molecule has 2 aliphatic rings. The lowest BCUT2D eigenvalue weighted by molar-refractivity contribution is -0.173. The second-order valence-corrected chi connectivity index (χ2v) is 14.0. The second kappa shape index (κ2) is 11.5. The average Bonchev–Trinajstić information content (AvgIpc) is 2.88. The van der Waals surface area contributed by atoms with Gasteiger partial charge in [-0.3, -0.25) is 0 Å². The minimum absolute atomic E-state index is 0.0305. The summed E-state index contributed by atoms with van der Waals surface area (Å²) in [6, 6.07) is 13.5. The predicted octanol–water partition coefficient (Wildman–Crippen LogP) is 9.73. The van der Waals surface area contributed by atoms with E-state index in [1.807, 2.05) is 6.92 Å². The Bertz CT molecular complexity index is 1240. The van der Waals surface area contributed by atoms with Gasteiger partial charge in [0.15, 0.2) is 0 Å². The van der Waals surface area contributed by atoms with E-state index in [4.69, 9.17) is 32.7 Å². The summed E-state index contributed by atoms with van der Waals surface area (Å²) in [4.78, 5) is 26.4. The van der Waals surface area contributed by atoms with E-state index in [0.717, 1.165) is 32.1 Å². The molecular weight excluding hydrogens is 543 g/mol. The number of esters is 2. The minimum Gasteiger partial charge on any atom is -0.455 e. The highest BCUT2D eigenvalue weighted by atomic mass is 35.5. The predicted molar refractivity (Wildman–Crippen MR) is 162 cm³/mol. The molecule has 0 heterocycles. The number of benzene rings is 2. The molecule has 0 bridgehead atoms. The summed E-state index contributed by atoms with van der Waals surface area (Å²) in [5.74, 6) is -0.166. The SMILES string of the molecule is C=CC(C)(CCC1C(C)(OC(=O)c2ccc(Cl)cc2)CCC2C(C)(C)CCCC21C)OC(=O)c1ccc(Cl)cc1. The van der Waals surface area contributed by atoms with E-state index in [-0.39, 0.29) is 22.7 Å². The van der Waals surface area contributed by atoms with Crippen molar-refractivity contribution in [1.82, 2.24) is 0 Å². The van der Waals surface area contributed by atoms with Gasteiger partial charge < -0.3 is 9.47 Å². The molecule has 0 saturated heterocycles. The Balaban J connectivity index is 1.61. The number of carbonyl (C=O) groups excluding carboxylic acids is 2. The molecule has 4 rings (SSSR count). The van der Waals surface area contributed by atoms with Gasteiger partial charge in [0.1, 0.15) is 11.2 Å². The first-order valence-corrected chi connectivity index (χ1v) is 15.1. The fourth-order valence-corrected chi connectivity index (χ4v) is 7.95. The van der Waals surface area contributed by atoms with Crippen molar-refractivity contribution in [2.24, 2.45) is 22.7 Å². The first-order chi connectivity index (χ1) is 18.7. The Morgan fingerprint density at radius 1 is 0.925 bits per heavy atom. The van der Waals surface area contributed by atoms with Crippen LogP contribution < -0.4 is 0 Å². The molecule has 0 amide bonds. The van der Waals surface area contributed by atoms with Gasteiger partial charge in [-0.05, 0) is 124 Å². The van der Waals surface area contributed by atoms with Gasteiger partial charge in [0, 0.05) is 16.0 Å². The molecule has 2 aliphatic carbocycles. The number of hydrogen-bond acceptors (Lipinski definition) is 4. The van der Waals surface area contributed by atoms with Gasteiger partial charge in [0.05, 0.1) is 11.1 Å². The van der Waals surface area contributed by atoms with E-state index in [1.165, 1.54) is 6.42 Å². The van der Waals surface area contributed by atoms with Crippen LogP contribution in [0.4, 0.5) is 0 Å². The van der Waals surface area contributed by atoms with Crippen molar-refractivity contribution in [3.8, 4) is 0 Å². The average molecular weight is 586 g/mol. The lowest BCUT2D eigenvalue weighted by Crippen LogP contribution is -2.59. The maximum atomic E-state index is 13.4. The monoisotopic (exact) mass is 584 g/mol. The van der Waals surface area contributed by atoms with Crippen LogP contribution >= 0.6 is 23.2 Å². The van der Waals surface area contributed by atoms with E-state index in [9.17, 15) is 9.59 Å². The van der Waals surface area contributed by atoms with Crippen molar-refractivity contribution in [2.45, 2.75) is 90.8 Å². The van der Waals surface area contributed by atoms with E-state index < -0.39 is 17.2 Å². The number of fused-ring (bicyclic) bond motifs is 1. The van der Waals surface area contributed by atoms with E-state index >= 15 is 0 Å². The van der Waals surface area contributed by atoms with Crippen molar-refractivity contribution in [1.29, 1.82) is 0 Å². The van der Waals surface area contributed by atoms with Gasteiger partial charge in [0.25, 0.3) is 0 Å².